The molecule has 0 atom stereocenters. The first-order valence-electron chi connectivity index (χ1n) is 13.9. The van der Waals surface area contributed by atoms with E-state index < -0.39 is 0 Å². The molecule has 1 aliphatic rings. The van der Waals surface area contributed by atoms with Gasteiger partial charge in [0.05, 0.1) is 41.6 Å². The number of nitrogen functional groups attached to an aromatic ring is 1. The number of methoxy groups -OCH3 is 1. The molecule has 212 valence electrons. The molecule has 41 heavy (non-hydrogen) atoms. The minimum absolute atomic E-state index is 0.464. The van der Waals surface area contributed by atoms with E-state index in [0.717, 1.165) is 60.5 Å². The number of hydrogen-bond donors (Lipinski definition) is 2. The van der Waals surface area contributed by atoms with E-state index in [1.165, 1.54) is 16.5 Å². The molecule has 0 spiro atoms. The van der Waals surface area contributed by atoms with Crippen molar-refractivity contribution in [1.82, 2.24) is 29.2 Å². The monoisotopic (exact) mass is 551 g/mol. The third-order valence-electron chi connectivity index (χ3n) is 7.78. The van der Waals surface area contributed by atoms with E-state index in [0.29, 0.717) is 23.1 Å². The summed E-state index contributed by atoms with van der Waals surface area (Å²) in [4.78, 5) is 14.1. The molecule has 1 aliphatic heterocycles. The third kappa shape index (κ3) is 5.06. The topological polar surface area (TPSA) is 102 Å². The first kappa shape index (κ1) is 26.6. The number of aryl methyl sites for hydroxylation is 3. The van der Waals surface area contributed by atoms with E-state index in [-0.39, 0.29) is 0 Å². The molecule has 0 unspecified atom stereocenters. The summed E-state index contributed by atoms with van der Waals surface area (Å²) in [6.07, 6.45) is 10.2. The van der Waals surface area contributed by atoms with Gasteiger partial charge in [0.1, 0.15) is 5.75 Å². The van der Waals surface area contributed by atoms with Crippen molar-refractivity contribution < 1.29 is 4.74 Å². The lowest BCUT2D eigenvalue weighted by atomic mass is 9.99. The van der Waals surface area contributed by atoms with Gasteiger partial charge in [0.15, 0.2) is 0 Å². The van der Waals surface area contributed by atoms with Crippen LogP contribution in [0.3, 0.4) is 0 Å². The largest absolute Gasteiger partial charge is 0.494 e. The molecule has 6 rings (SSSR count). The standard InChI is InChI=1S/C31H37N9O/c1-37(2)12-13-38(3)27-15-28(41-5)26(14-25(27)32)35-31-33-17-23(21-16-34-39(4)18-21)29(36-31)24-19-40-11-7-9-20-8-6-10-22(24)30(20)40/h6,8,10,14-19H,7,9,11-13,32H2,1-5H3,(H,33,35,36). The van der Waals surface area contributed by atoms with Crippen molar-refractivity contribution in [1.29, 1.82) is 0 Å². The maximum absolute atomic E-state index is 6.53. The van der Waals surface area contributed by atoms with Crippen LogP contribution in [0.15, 0.2) is 55.1 Å². The highest BCUT2D eigenvalue weighted by molar-refractivity contribution is 6.00. The van der Waals surface area contributed by atoms with Crippen LogP contribution in [-0.2, 0) is 20.0 Å². The number of nitrogens with two attached hydrogens (primary N) is 1. The molecule has 0 saturated carbocycles. The number of likely N-dealkylation sites (N-methyl/N-ethyl adjacent to an activating group) is 2. The van der Waals surface area contributed by atoms with Crippen LogP contribution in [0.1, 0.15) is 12.0 Å². The lowest BCUT2D eigenvalue weighted by Crippen LogP contribution is -2.29. The normalized spacial score (nSPS) is 12.7. The maximum atomic E-state index is 6.53. The Morgan fingerprint density at radius 2 is 1.93 bits per heavy atom. The zero-order chi connectivity index (χ0) is 28.7. The Balaban J connectivity index is 1.42. The fourth-order valence-electron chi connectivity index (χ4n) is 5.64. The summed E-state index contributed by atoms with van der Waals surface area (Å²) in [7, 11) is 9.73. The number of nitrogens with zero attached hydrogens (tertiary/aromatic N) is 7. The van der Waals surface area contributed by atoms with Crippen molar-refractivity contribution in [2.24, 2.45) is 7.05 Å². The van der Waals surface area contributed by atoms with Gasteiger partial charge in [0, 0.05) is 80.5 Å². The molecular formula is C31H37N9O. The molecule has 0 fully saturated rings. The fraction of sp³-hybridized carbons (Fsp3) is 0.323. The third-order valence-corrected chi connectivity index (χ3v) is 7.78. The van der Waals surface area contributed by atoms with Gasteiger partial charge in [-0.15, -0.1) is 0 Å². The van der Waals surface area contributed by atoms with Gasteiger partial charge < -0.3 is 30.2 Å². The molecule has 2 aromatic carbocycles. The van der Waals surface area contributed by atoms with Crippen LogP contribution in [0.2, 0.25) is 0 Å². The number of para-hydroxylation sites is 1. The Hall–Kier alpha value is -4.57. The highest BCUT2D eigenvalue weighted by atomic mass is 16.5. The highest BCUT2D eigenvalue weighted by Crippen LogP contribution is 2.40. The predicted molar refractivity (Wildman–Crippen MR) is 166 cm³/mol. The van der Waals surface area contributed by atoms with E-state index in [2.05, 4.69) is 63.3 Å². The van der Waals surface area contributed by atoms with Crippen LogP contribution in [0.5, 0.6) is 5.75 Å². The predicted octanol–water partition coefficient (Wildman–Crippen LogP) is 4.78. The Labute approximate surface area is 240 Å². The number of hydrogen-bond acceptors (Lipinski definition) is 8. The van der Waals surface area contributed by atoms with Gasteiger partial charge in [-0.3, -0.25) is 4.68 Å². The summed E-state index contributed by atoms with van der Waals surface area (Å²) in [6, 6.07) is 10.4. The van der Waals surface area contributed by atoms with Crippen LogP contribution >= 0.6 is 0 Å². The molecule has 0 aliphatic carbocycles. The molecule has 5 aromatic rings. The molecule has 0 amide bonds. The van der Waals surface area contributed by atoms with Crippen molar-refractivity contribution in [2.75, 3.05) is 57.3 Å². The van der Waals surface area contributed by atoms with Gasteiger partial charge >= 0.3 is 0 Å². The zero-order valence-corrected chi connectivity index (χ0v) is 24.3. The Kier molecular flexibility index (Phi) is 7.00. The summed E-state index contributed by atoms with van der Waals surface area (Å²) in [5.41, 5.74) is 15.3. The minimum Gasteiger partial charge on any atom is -0.494 e. The second kappa shape index (κ2) is 10.8. The van der Waals surface area contributed by atoms with Gasteiger partial charge in [-0.25, -0.2) is 9.97 Å². The molecule has 10 heteroatoms. The Morgan fingerprint density at radius 1 is 1.07 bits per heavy atom. The van der Waals surface area contributed by atoms with Gasteiger partial charge in [-0.05, 0) is 38.6 Å². The van der Waals surface area contributed by atoms with Crippen LogP contribution < -0.4 is 20.7 Å². The van der Waals surface area contributed by atoms with Gasteiger partial charge in [0.2, 0.25) is 5.95 Å². The average Bonchev–Trinajstić information content (AvgIpc) is 3.57. The van der Waals surface area contributed by atoms with Gasteiger partial charge in [-0.2, -0.15) is 5.10 Å². The first-order valence-corrected chi connectivity index (χ1v) is 13.9. The maximum Gasteiger partial charge on any atom is 0.227 e. The summed E-state index contributed by atoms with van der Waals surface area (Å²) >= 11 is 0. The summed E-state index contributed by atoms with van der Waals surface area (Å²) in [5, 5.41) is 8.99. The van der Waals surface area contributed by atoms with Crippen molar-refractivity contribution in [3.63, 3.8) is 0 Å². The summed E-state index contributed by atoms with van der Waals surface area (Å²) in [5.74, 6) is 1.13. The van der Waals surface area contributed by atoms with E-state index in [9.17, 15) is 0 Å². The lowest BCUT2D eigenvalue weighted by Gasteiger charge is -2.24. The second-order valence-corrected chi connectivity index (χ2v) is 11.0. The number of nitrogens with one attached hydrogen (secondary N) is 1. The zero-order valence-electron chi connectivity index (χ0n) is 24.3. The Morgan fingerprint density at radius 3 is 2.68 bits per heavy atom. The first-order chi connectivity index (χ1) is 19.8. The van der Waals surface area contributed by atoms with E-state index >= 15 is 0 Å². The molecule has 0 saturated heterocycles. The van der Waals surface area contributed by atoms with Crippen molar-refractivity contribution in [3.05, 3.63) is 60.7 Å². The van der Waals surface area contributed by atoms with Crippen molar-refractivity contribution >= 4 is 33.9 Å². The van der Waals surface area contributed by atoms with Crippen molar-refractivity contribution in [2.45, 2.75) is 19.4 Å². The molecule has 0 bridgehead atoms. The van der Waals surface area contributed by atoms with E-state index in [4.69, 9.17) is 20.4 Å². The van der Waals surface area contributed by atoms with Crippen molar-refractivity contribution in [3.8, 4) is 28.1 Å². The lowest BCUT2D eigenvalue weighted by molar-refractivity contribution is 0.413. The number of ether oxygens (including phenoxy) is 1. The molecule has 0 radical (unpaired) electrons. The number of rotatable bonds is 9. The number of aromatic nitrogens is 5. The van der Waals surface area contributed by atoms with Crippen LogP contribution in [0.4, 0.5) is 23.0 Å². The number of anilines is 4. The smallest absolute Gasteiger partial charge is 0.227 e. The van der Waals surface area contributed by atoms with Crippen LogP contribution in [0.25, 0.3) is 33.3 Å². The van der Waals surface area contributed by atoms with Crippen LogP contribution in [0, 0.1) is 0 Å². The minimum atomic E-state index is 0.464. The highest BCUT2D eigenvalue weighted by Gasteiger charge is 2.22. The number of benzene rings is 2. The second-order valence-electron chi connectivity index (χ2n) is 11.0. The average molecular weight is 552 g/mol. The molecule has 10 nitrogen and oxygen atoms in total. The molecule has 3 aromatic heterocycles. The quantitative estimate of drug-likeness (QED) is 0.253. The molecular weight excluding hydrogens is 514 g/mol. The molecule has 4 heterocycles. The fourth-order valence-corrected chi connectivity index (χ4v) is 5.64. The van der Waals surface area contributed by atoms with Gasteiger partial charge in [-0.1, -0.05) is 18.2 Å². The van der Waals surface area contributed by atoms with E-state index in [1.54, 1.807) is 11.8 Å². The van der Waals surface area contributed by atoms with Gasteiger partial charge in [0.25, 0.3) is 0 Å². The Bertz CT molecular complexity index is 1720. The SMILES string of the molecule is COc1cc(N(C)CCN(C)C)c(N)cc1Nc1ncc(-c2cnn(C)c2)c(-c2cn3c4c(cccc24)CCC3)n1. The summed E-state index contributed by atoms with van der Waals surface area (Å²) < 4.78 is 9.93. The van der Waals surface area contributed by atoms with E-state index in [1.807, 2.05) is 44.8 Å². The van der Waals surface area contributed by atoms with Crippen LogP contribution in [-0.4, -0.2) is 70.6 Å². The molecule has 3 N–H and O–H groups in total. The summed E-state index contributed by atoms with van der Waals surface area (Å²) in [6.45, 7) is 2.75.